The third-order valence-corrected chi connectivity index (χ3v) is 3.57. The first kappa shape index (κ1) is 11.0. The molecular weight excluding hydrogens is 226 g/mol. The first-order valence-electron chi connectivity index (χ1n) is 6.12. The molecule has 0 bridgehead atoms. The van der Waals surface area contributed by atoms with E-state index in [4.69, 9.17) is 0 Å². The SMILES string of the molecule is CC1Nc2c(cnc3ccccc23)NC(=O)C1C. The zero-order chi connectivity index (χ0) is 12.7. The number of rotatable bonds is 0. The van der Waals surface area contributed by atoms with Gasteiger partial charge in [-0.2, -0.15) is 0 Å². The van der Waals surface area contributed by atoms with Crippen molar-refractivity contribution in [2.45, 2.75) is 19.9 Å². The first-order chi connectivity index (χ1) is 8.66. The first-order valence-corrected chi connectivity index (χ1v) is 6.12. The van der Waals surface area contributed by atoms with E-state index in [2.05, 4.69) is 15.6 Å². The number of pyridine rings is 1. The van der Waals surface area contributed by atoms with Crippen LogP contribution >= 0.6 is 0 Å². The van der Waals surface area contributed by atoms with Crippen LogP contribution in [0.25, 0.3) is 10.9 Å². The maximum absolute atomic E-state index is 11.9. The van der Waals surface area contributed by atoms with Crippen LogP contribution in [0.5, 0.6) is 0 Å². The van der Waals surface area contributed by atoms with Crippen LogP contribution in [0.2, 0.25) is 0 Å². The van der Waals surface area contributed by atoms with Crippen molar-refractivity contribution in [1.82, 2.24) is 4.98 Å². The third-order valence-electron chi connectivity index (χ3n) is 3.57. The largest absolute Gasteiger partial charge is 0.380 e. The van der Waals surface area contributed by atoms with Crippen LogP contribution < -0.4 is 10.6 Å². The summed E-state index contributed by atoms with van der Waals surface area (Å²) < 4.78 is 0. The maximum atomic E-state index is 11.9. The highest BCUT2D eigenvalue weighted by Gasteiger charge is 2.26. The molecule has 2 aromatic rings. The lowest BCUT2D eigenvalue weighted by molar-refractivity contribution is -0.119. The molecule has 0 saturated heterocycles. The van der Waals surface area contributed by atoms with E-state index in [1.807, 2.05) is 38.1 Å². The number of hydrogen-bond acceptors (Lipinski definition) is 3. The second-order valence-corrected chi connectivity index (χ2v) is 4.77. The Hall–Kier alpha value is -2.10. The van der Waals surface area contributed by atoms with Crippen molar-refractivity contribution in [3.8, 4) is 0 Å². The molecule has 2 unspecified atom stereocenters. The van der Waals surface area contributed by atoms with Gasteiger partial charge < -0.3 is 10.6 Å². The molecule has 2 N–H and O–H groups in total. The van der Waals surface area contributed by atoms with Crippen molar-refractivity contribution in [3.63, 3.8) is 0 Å². The fourth-order valence-electron chi connectivity index (χ4n) is 2.22. The second-order valence-electron chi connectivity index (χ2n) is 4.77. The summed E-state index contributed by atoms with van der Waals surface area (Å²) in [6, 6.07) is 8.02. The Balaban J connectivity index is 2.22. The average molecular weight is 241 g/mol. The van der Waals surface area contributed by atoms with Gasteiger partial charge in [0.25, 0.3) is 0 Å². The highest BCUT2D eigenvalue weighted by Crippen LogP contribution is 2.33. The van der Waals surface area contributed by atoms with Gasteiger partial charge >= 0.3 is 0 Å². The van der Waals surface area contributed by atoms with E-state index in [1.165, 1.54) is 0 Å². The Morgan fingerprint density at radius 1 is 1.22 bits per heavy atom. The number of nitrogens with one attached hydrogen (secondary N) is 2. The van der Waals surface area contributed by atoms with Gasteiger partial charge in [-0.1, -0.05) is 25.1 Å². The van der Waals surface area contributed by atoms with Crippen LogP contribution in [0.15, 0.2) is 30.5 Å². The van der Waals surface area contributed by atoms with Crippen LogP contribution in [0.4, 0.5) is 11.4 Å². The molecule has 3 rings (SSSR count). The molecule has 1 aromatic heterocycles. The fourth-order valence-corrected chi connectivity index (χ4v) is 2.22. The Morgan fingerprint density at radius 2 is 2.00 bits per heavy atom. The number of carbonyl (C=O) groups is 1. The molecule has 18 heavy (non-hydrogen) atoms. The molecule has 0 radical (unpaired) electrons. The van der Waals surface area contributed by atoms with E-state index in [0.717, 1.165) is 22.3 Å². The summed E-state index contributed by atoms with van der Waals surface area (Å²) in [5.41, 5.74) is 2.65. The maximum Gasteiger partial charge on any atom is 0.229 e. The van der Waals surface area contributed by atoms with E-state index < -0.39 is 0 Å². The van der Waals surface area contributed by atoms with Gasteiger partial charge in [-0.05, 0) is 13.0 Å². The molecule has 1 amide bonds. The number of carbonyl (C=O) groups excluding carboxylic acids is 1. The van der Waals surface area contributed by atoms with Crippen molar-refractivity contribution < 1.29 is 4.79 Å². The minimum Gasteiger partial charge on any atom is -0.380 e. The minimum absolute atomic E-state index is 0.0332. The lowest BCUT2D eigenvalue weighted by Gasteiger charge is -2.17. The van der Waals surface area contributed by atoms with E-state index in [9.17, 15) is 4.79 Å². The number of aromatic nitrogens is 1. The van der Waals surface area contributed by atoms with Gasteiger partial charge in [-0.25, -0.2) is 0 Å². The van der Waals surface area contributed by atoms with Crippen LogP contribution in [0, 0.1) is 5.92 Å². The lowest BCUT2D eigenvalue weighted by Crippen LogP contribution is -2.30. The molecule has 4 nitrogen and oxygen atoms in total. The Morgan fingerprint density at radius 3 is 2.83 bits per heavy atom. The molecule has 92 valence electrons. The topological polar surface area (TPSA) is 54.0 Å². The summed E-state index contributed by atoms with van der Waals surface area (Å²) in [5, 5.41) is 7.39. The number of anilines is 2. The van der Waals surface area contributed by atoms with E-state index >= 15 is 0 Å². The van der Waals surface area contributed by atoms with Gasteiger partial charge in [0.05, 0.1) is 29.0 Å². The highest BCUT2D eigenvalue weighted by molar-refractivity contribution is 6.05. The van der Waals surface area contributed by atoms with Gasteiger partial charge in [0.15, 0.2) is 0 Å². The molecule has 1 aromatic carbocycles. The van der Waals surface area contributed by atoms with E-state index in [-0.39, 0.29) is 17.9 Å². The van der Waals surface area contributed by atoms with Crippen LogP contribution in [0.1, 0.15) is 13.8 Å². The number of hydrogen-bond donors (Lipinski definition) is 2. The molecule has 0 spiro atoms. The zero-order valence-corrected chi connectivity index (χ0v) is 10.4. The van der Waals surface area contributed by atoms with Gasteiger partial charge in [-0.3, -0.25) is 9.78 Å². The number of fused-ring (bicyclic) bond motifs is 3. The van der Waals surface area contributed by atoms with Crippen molar-refractivity contribution in [2.75, 3.05) is 10.6 Å². The Labute approximate surface area is 105 Å². The molecule has 1 aliphatic rings. The summed E-state index contributed by atoms with van der Waals surface area (Å²) in [5.74, 6) is -0.0398. The highest BCUT2D eigenvalue weighted by atomic mass is 16.1. The standard InChI is InChI=1S/C14H15N3O/c1-8-9(2)16-13-10-5-3-4-6-11(10)15-7-12(13)17-14(8)18/h3-9,16H,1-2H3,(H,17,18). The van der Waals surface area contributed by atoms with Crippen LogP contribution in [-0.4, -0.2) is 16.9 Å². The average Bonchev–Trinajstić information content (AvgIpc) is 2.49. The summed E-state index contributed by atoms with van der Waals surface area (Å²) in [4.78, 5) is 16.3. The lowest BCUT2D eigenvalue weighted by atomic mass is 10.0. The molecule has 0 fully saturated rings. The number of nitrogens with zero attached hydrogens (tertiary/aromatic N) is 1. The van der Waals surface area contributed by atoms with Gasteiger partial charge in [0.1, 0.15) is 0 Å². The molecular formula is C14H15N3O. The van der Waals surface area contributed by atoms with Crippen molar-refractivity contribution >= 4 is 28.2 Å². The van der Waals surface area contributed by atoms with Gasteiger partial charge in [0, 0.05) is 11.4 Å². The van der Waals surface area contributed by atoms with Crippen molar-refractivity contribution in [1.29, 1.82) is 0 Å². The predicted octanol–water partition coefficient (Wildman–Crippen LogP) is 2.62. The molecule has 0 aliphatic carbocycles. The molecule has 4 heteroatoms. The minimum atomic E-state index is -0.0730. The van der Waals surface area contributed by atoms with Crippen LogP contribution in [-0.2, 0) is 4.79 Å². The quantitative estimate of drug-likeness (QED) is 0.745. The number of benzene rings is 1. The molecule has 2 heterocycles. The van der Waals surface area contributed by atoms with Crippen molar-refractivity contribution in [3.05, 3.63) is 30.5 Å². The number of para-hydroxylation sites is 1. The smallest absolute Gasteiger partial charge is 0.229 e. The number of amides is 1. The third kappa shape index (κ3) is 1.61. The zero-order valence-electron chi connectivity index (χ0n) is 10.4. The summed E-state index contributed by atoms with van der Waals surface area (Å²) in [6.45, 7) is 3.95. The van der Waals surface area contributed by atoms with Gasteiger partial charge in [-0.15, -0.1) is 0 Å². The molecule has 0 saturated carbocycles. The fraction of sp³-hybridized carbons (Fsp3) is 0.286. The normalized spacial score (nSPS) is 22.9. The second kappa shape index (κ2) is 3.98. The predicted molar refractivity (Wildman–Crippen MR) is 72.6 cm³/mol. The van der Waals surface area contributed by atoms with E-state index in [0.29, 0.717) is 0 Å². The molecule has 1 aliphatic heterocycles. The van der Waals surface area contributed by atoms with Crippen LogP contribution in [0.3, 0.4) is 0 Å². The Kier molecular flexibility index (Phi) is 2.44. The molecule has 2 atom stereocenters. The monoisotopic (exact) mass is 241 g/mol. The summed E-state index contributed by atoms with van der Waals surface area (Å²) >= 11 is 0. The Bertz CT molecular complexity index is 623. The van der Waals surface area contributed by atoms with Crippen molar-refractivity contribution in [2.24, 2.45) is 5.92 Å². The van der Waals surface area contributed by atoms with Gasteiger partial charge in [0.2, 0.25) is 5.91 Å². The summed E-state index contributed by atoms with van der Waals surface area (Å²) in [6.07, 6.45) is 1.72. The van der Waals surface area contributed by atoms with E-state index in [1.54, 1.807) is 6.20 Å². The summed E-state index contributed by atoms with van der Waals surface area (Å²) in [7, 11) is 0.